The van der Waals surface area contributed by atoms with E-state index in [1.165, 1.54) is 37.4 Å². The molecule has 111 valence electrons. The molecule has 0 amide bonds. The molecule has 0 aliphatic heterocycles. The van der Waals surface area contributed by atoms with Crippen LogP contribution in [0.2, 0.25) is 0 Å². The molecule has 0 saturated carbocycles. The first-order chi connectivity index (χ1) is 6.72. The maximum Gasteiger partial charge on any atom is 0.0562 e. The molecule has 4 heteroatoms. The summed E-state index contributed by atoms with van der Waals surface area (Å²) in [5.41, 5.74) is 0. The van der Waals surface area contributed by atoms with Crippen LogP contribution in [0, 0.1) is 6.26 Å². The van der Waals surface area contributed by atoms with Crippen LogP contribution in [0.1, 0.15) is 68.2 Å². The van der Waals surface area contributed by atoms with E-state index in [1.807, 2.05) is 13.8 Å². The van der Waals surface area contributed by atoms with Crippen LogP contribution in [0.3, 0.4) is 0 Å². The molecule has 0 saturated heterocycles. The minimum atomic E-state index is 0. The number of hydrogen-bond acceptors (Lipinski definition) is 2. The van der Waals surface area contributed by atoms with E-state index in [-0.39, 0.29) is 68.6 Å². The van der Waals surface area contributed by atoms with Crippen molar-refractivity contribution in [1.82, 2.24) is 0 Å². The van der Waals surface area contributed by atoms with Gasteiger partial charge in [0, 0.05) is 53.8 Å². The number of aliphatic imine (C=N–C) groups is 1. The SMILES string of the molecule is C.C.C=NC(=C)S[CH2-].CC.CCCCCC.[W].[Y]. The molecule has 0 heterocycles. The molecular formula is C14H34NSWY-. The van der Waals surface area contributed by atoms with E-state index in [1.54, 1.807) is 0 Å². The Morgan fingerprint density at radius 1 is 1.11 bits per heavy atom. The van der Waals surface area contributed by atoms with Gasteiger partial charge in [-0.25, -0.2) is 0 Å². The molecule has 0 atom stereocenters. The number of nitrogens with zero attached hydrogens (tertiary/aromatic N) is 1. The van der Waals surface area contributed by atoms with Crippen molar-refractivity contribution in [2.24, 2.45) is 4.99 Å². The van der Waals surface area contributed by atoms with E-state index < -0.39 is 0 Å². The van der Waals surface area contributed by atoms with Gasteiger partial charge < -0.3 is 11.8 Å². The largest absolute Gasteiger partial charge is 0.300 e. The number of thioether (sulfide) groups is 1. The van der Waals surface area contributed by atoms with Crippen molar-refractivity contribution in [1.29, 1.82) is 0 Å². The Labute approximate surface area is 162 Å². The fourth-order valence-electron chi connectivity index (χ4n) is 0.546. The van der Waals surface area contributed by atoms with Crippen molar-refractivity contribution in [3.8, 4) is 0 Å². The summed E-state index contributed by atoms with van der Waals surface area (Å²) in [4.78, 5) is 3.46. The first-order valence-electron chi connectivity index (χ1n) is 5.30. The van der Waals surface area contributed by atoms with Crippen LogP contribution in [0.4, 0.5) is 0 Å². The van der Waals surface area contributed by atoms with Gasteiger partial charge in [-0.15, -0.1) is 0 Å². The summed E-state index contributed by atoms with van der Waals surface area (Å²) in [6.07, 6.45) is 8.98. The molecule has 0 spiro atoms. The van der Waals surface area contributed by atoms with Gasteiger partial charge in [0.2, 0.25) is 0 Å². The van der Waals surface area contributed by atoms with E-state index in [2.05, 4.69) is 38.4 Å². The molecule has 1 nitrogen and oxygen atoms in total. The molecule has 0 fully saturated rings. The first kappa shape index (κ1) is 42.7. The van der Waals surface area contributed by atoms with E-state index in [0.29, 0.717) is 5.03 Å². The molecule has 0 bridgehead atoms. The normalized spacial score (nSPS) is 5.83. The Balaban J connectivity index is -0.0000000197. The Kier molecular flexibility index (Phi) is 122. The van der Waals surface area contributed by atoms with Crippen LogP contribution in [-0.4, -0.2) is 6.72 Å². The Morgan fingerprint density at radius 2 is 1.39 bits per heavy atom. The molecule has 0 aromatic carbocycles. The van der Waals surface area contributed by atoms with Crippen LogP contribution in [0.25, 0.3) is 0 Å². The molecule has 0 rings (SSSR count). The zero-order chi connectivity index (χ0) is 11.8. The van der Waals surface area contributed by atoms with E-state index >= 15 is 0 Å². The fourth-order valence-corrected chi connectivity index (χ4v) is 0.637. The predicted molar refractivity (Wildman–Crippen MR) is 86.3 cm³/mol. The van der Waals surface area contributed by atoms with Gasteiger partial charge >= 0.3 is 0 Å². The van der Waals surface area contributed by atoms with E-state index in [4.69, 9.17) is 0 Å². The monoisotopic (exact) mass is 521 g/mol. The fraction of sp³-hybridized carbons (Fsp3) is 0.714. The number of rotatable bonds is 5. The topological polar surface area (TPSA) is 12.4 Å². The zero-order valence-electron chi connectivity index (χ0n) is 11.3. The second-order valence-electron chi connectivity index (χ2n) is 2.40. The van der Waals surface area contributed by atoms with Crippen LogP contribution in [-0.2, 0) is 53.8 Å². The molecule has 0 unspecified atom stereocenters. The first-order valence-corrected chi connectivity index (χ1v) is 6.29. The third kappa shape index (κ3) is 65.7. The molecule has 0 aromatic rings. The summed E-state index contributed by atoms with van der Waals surface area (Å²) >= 11 is 1.25. The van der Waals surface area contributed by atoms with Gasteiger partial charge in [0.15, 0.2) is 0 Å². The van der Waals surface area contributed by atoms with Crippen LogP contribution < -0.4 is 0 Å². The van der Waals surface area contributed by atoms with Crippen LogP contribution in [0.5, 0.6) is 0 Å². The van der Waals surface area contributed by atoms with Crippen molar-refractivity contribution in [2.45, 2.75) is 68.2 Å². The zero-order valence-corrected chi connectivity index (χ0v) is 17.9. The second kappa shape index (κ2) is 51.3. The van der Waals surface area contributed by atoms with Gasteiger partial charge in [-0.2, -0.15) is 0 Å². The average Bonchev–Trinajstić information content (AvgIpc) is 2.28. The maximum atomic E-state index is 3.46. The molecule has 1 radical (unpaired) electrons. The standard InChI is InChI=1S/C6H14.C4H6NS.C2H6.2CH4.W.Y/c1-3-5-6-4-2;1-4(5-2)6-3;1-2;;;;/h3-6H2,1-2H3;1-3H2;1-2H3;2*1H4;;/q;-1;;;;;. The summed E-state index contributed by atoms with van der Waals surface area (Å²) in [5.74, 6) is 0. The summed E-state index contributed by atoms with van der Waals surface area (Å²) < 4.78 is 0. The molecule has 0 aliphatic rings. The van der Waals surface area contributed by atoms with E-state index in [0.717, 1.165) is 0 Å². The van der Waals surface area contributed by atoms with Crippen molar-refractivity contribution in [2.75, 3.05) is 0 Å². The number of unbranched alkanes of at least 4 members (excludes halogenated alkanes) is 3. The van der Waals surface area contributed by atoms with Gasteiger partial charge in [-0.05, 0) is 6.72 Å². The molecular weight excluding hydrogens is 487 g/mol. The quantitative estimate of drug-likeness (QED) is 0.227. The summed E-state index contributed by atoms with van der Waals surface area (Å²) in [6.45, 7) is 15.1. The summed E-state index contributed by atoms with van der Waals surface area (Å²) in [7, 11) is 0. The Hall–Kier alpha value is 1.55. The summed E-state index contributed by atoms with van der Waals surface area (Å²) in [6, 6.07) is 0. The minimum absolute atomic E-state index is 0. The molecule has 0 aliphatic carbocycles. The maximum absolute atomic E-state index is 3.46. The third-order valence-corrected chi connectivity index (χ3v) is 1.76. The predicted octanol–water partition coefficient (Wildman–Crippen LogP) is 6.56. The van der Waals surface area contributed by atoms with Crippen molar-refractivity contribution in [3.05, 3.63) is 17.9 Å². The van der Waals surface area contributed by atoms with Gasteiger partial charge in [-0.3, -0.25) is 11.2 Å². The van der Waals surface area contributed by atoms with Gasteiger partial charge in [0.1, 0.15) is 0 Å². The van der Waals surface area contributed by atoms with Crippen LogP contribution >= 0.6 is 11.8 Å². The third-order valence-electron chi connectivity index (χ3n) is 1.30. The molecule has 0 N–H and O–H groups in total. The van der Waals surface area contributed by atoms with E-state index in [9.17, 15) is 0 Å². The Morgan fingerprint density at radius 3 is 1.44 bits per heavy atom. The van der Waals surface area contributed by atoms with Crippen molar-refractivity contribution in [3.63, 3.8) is 0 Å². The average molecular weight is 521 g/mol. The van der Waals surface area contributed by atoms with Crippen molar-refractivity contribution >= 4 is 18.5 Å². The van der Waals surface area contributed by atoms with Gasteiger partial charge in [0.25, 0.3) is 0 Å². The van der Waals surface area contributed by atoms with Crippen molar-refractivity contribution < 1.29 is 53.8 Å². The minimum Gasteiger partial charge on any atom is -0.300 e. The second-order valence-corrected chi connectivity index (χ2v) is 3.16. The Bertz CT molecular complexity index is 118. The smallest absolute Gasteiger partial charge is 0.0562 e. The molecule has 18 heavy (non-hydrogen) atoms. The van der Waals surface area contributed by atoms with Crippen LogP contribution in [0.15, 0.2) is 16.6 Å². The molecule has 0 aromatic heterocycles. The number of hydrogen-bond donors (Lipinski definition) is 0. The summed E-state index contributed by atoms with van der Waals surface area (Å²) in [5, 5.41) is 0.662. The van der Waals surface area contributed by atoms with Gasteiger partial charge in [0.05, 0.1) is 5.03 Å². The van der Waals surface area contributed by atoms with Gasteiger partial charge in [-0.1, -0.05) is 74.8 Å².